The summed E-state index contributed by atoms with van der Waals surface area (Å²) in [5, 5.41) is 10.4. The summed E-state index contributed by atoms with van der Waals surface area (Å²) in [5.74, 6) is -0.438. The van der Waals surface area contributed by atoms with Crippen LogP contribution in [0, 0.1) is 11.6 Å². The molecule has 1 heterocycles. The van der Waals surface area contributed by atoms with E-state index in [0.717, 1.165) is 36.2 Å². The van der Waals surface area contributed by atoms with Crippen molar-refractivity contribution in [2.75, 3.05) is 0 Å². The molecule has 2 aromatic rings. The van der Waals surface area contributed by atoms with Crippen molar-refractivity contribution < 1.29 is 13.9 Å². The number of aliphatic hydroxyl groups is 1. The molecule has 0 aliphatic heterocycles. The largest absolute Gasteiger partial charge is 0.388 e. The summed E-state index contributed by atoms with van der Waals surface area (Å²) >= 11 is 1.29. The van der Waals surface area contributed by atoms with Gasteiger partial charge < -0.3 is 9.67 Å². The molecule has 0 saturated heterocycles. The van der Waals surface area contributed by atoms with Crippen molar-refractivity contribution in [3.05, 3.63) is 41.4 Å². The molecule has 0 saturated carbocycles. The van der Waals surface area contributed by atoms with Crippen LogP contribution in [0.2, 0.25) is 0 Å². The SMILES string of the molecule is CCCCn1c(CO)nc(C(C)C)c1Sc1cc(F)cc(F)c1. The Labute approximate surface area is 139 Å². The molecule has 0 radical (unpaired) electrons. The summed E-state index contributed by atoms with van der Waals surface area (Å²) in [7, 11) is 0. The Kier molecular flexibility index (Phi) is 6.18. The highest BCUT2D eigenvalue weighted by atomic mass is 32.2. The van der Waals surface area contributed by atoms with Gasteiger partial charge in [0.05, 0.1) is 5.69 Å². The fourth-order valence-corrected chi connectivity index (χ4v) is 3.61. The maximum absolute atomic E-state index is 13.4. The van der Waals surface area contributed by atoms with Crippen LogP contribution < -0.4 is 0 Å². The van der Waals surface area contributed by atoms with Gasteiger partial charge >= 0.3 is 0 Å². The second-order valence-corrected chi connectivity index (χ2v) is 6.81. The Bertz CT molecular complexity index is 651. The molecule has 1 aromatic carbocycles. The highest BCUT2D eigenvalue weighted by Gasteiger charge is 2.20. The number of hydrogen-bond acceptors (Lipinski definition) is 3. The van der Waals surface area contributed by atoms with Crippen molar-refractivity contribution >= 4 is 11.8 Å². The minimum atomic E-state index is -0.597. The lowest BCUT2D eigenvalue weighted by molar-refractivity contribution is 0.263. The van der Waals surface area contributed by atoms with Crippen molar-refractivity contribution in [1.82, 2.24) is 9.55 Å². The van der Waals surface area contributed by atoms with Gasteiger partial charge in [-0.25, -0.2) is 13.8 Å². The van der Waals surface area contributed by atoms with Gasteiger partial charge in [-0.3, -0.25) is 0 Å². The standard InChI is InChI=1S/C17H22F2N2OS/c1-4-5-6-21-15(10-22)20-16(11(2)3)17(21)23-14-8-12(18)7-13(19)9-14/h7-9,11,22H,4-6,10H2,1-3H3. The molecule has 1 aromatic heterocycles. The first-order valence-electron chi connectivity index (χ1n) is 7.80. The van der Waals surface area contributed by atoms with Crippen molar-refractivity contribution in [3.63, 3.8) is 0 Å². The summed E-state index contributed by atoms with van der Waals surface area (Å²) in [5.41, 5.74) is 0.847. The normalized spacial score (nSPS) is 11.4. The number of aromatic nitrogens is 2. The number of hydrogen-bond donors (Lipinski definition) is 1. The number of benzene rings is 1. The van der Waals surface area contributed by atoms with Gasteiger partial charge in [-0.05, 0) is 24.5 Å². The Morgan fingerprint density at radius 2 is 1.87 bits per heavy atom. The van der Waals surface area contributed by atoms with Crippen LogP contribution in [0.4, 0.5) is 8.78 Å². The summed E-state index contributed by atoms with van der Waals surface area (Å²) in [6.07, 6.45) is 1.96. The van der Waals surface area contributed by atoms with Gasteiger partial charge in [0.1, 0.15) is 29.1 Å². The lowest BCUT2D eigenvalue weighted by Gasteiger charge is -2.12. The fourth-order valence-electron chi connectivity index (χ4n) is 2.35. The third-order valence-corrected chi connectivity index (χ3v) is 4.59. The Morgan fingerprint density at radius 1 is 1.22 bits per heavy atom. The van der Waals surface area contributed by atoms with Crippen LogP contribution in [-0.4, -0.2) is 14.7 Å². The maximum atomic E-state index is 13.4. The predicted molar refractivity (Wildman–Crippen MR) is 87.6 cm³/mol. The van der Waals surface area contributed by atoms with E-state index in [-0.39, 0.29) is 12.5 Å². The van der Waals surface area contributed by atoms with Gasteiger partial charge in [0, 0.05) is 17.5 Å². The molecule has 1 N–H and O–H groups in total. The molecular formula is C17H22F2N2OS. The van der Waals surface area contributed by atoms with Crippen molar-refractivity contribution in [2.45, 2.75) is 62.6 Å². The molecule has 0 atom stereocenters. The third-order valence-electron chi connectivity index (χ3n) is 3.50. The van der Waals surface area contributed by atoms with E-state index < -0.39 is 11.6 Å². The number of nitrogens with zero attached hydrogens (tertiary/aromatic N) is 2. The smallest absolute Gasteiger partial charge is 0.135 e. The van der Waals surface area contributed by atoms with E-state index in [4.69, 9.17) is 0 Å². The zero-order valence-corrected chi connectivity index (χ0v) is 14.5. The van der Waals surface area contributed by atoms with E-state index in [9.17, 15) is 13.9 Å². The summed E-state index contributed by atoms with van der Waals surface area (Å²) in [4.78, 5) is 5.02. The molecule has 0 aliphatic carbocycles. The van der Waals surface area contributed by atoms with Gasteiger partial charge in [0.2, 0.25) is 0 Å². The molecule has 0 fully saturated rings. The first kappa shape index (κ1) is 17.9. The molecule has 126 valence electrons. The van der Waals surface area contributed by atoms with Gasteiger partial charge in [0.15, 0.2) is 0 Å². The first-order chi connectivity index (χ1) is 11.0. The number of aliphatic hydroxyl groups excluding tert-OH is 1. The van der Waals surface area contributed by atoms with Crippen LogP contribution in [-0.2, 0) is 13.2 Å². The van der Waals surface area contributed by atoms with E-state index in [0.29, 0.717) is 10.7 Å². The van der Waals surface area contributed by atoms with Crippen LogP contribution in [0.1, 0.15) is 51.0 Å². The minimum absolute atomic E-state index is 0.151. The highest BCUT2D eigenvalue weighted by molar-refractivity contribution is 7.99. The van der Waals surface area contributed by atoms with Gasteiger partial charge in [-0.15, -0.1) is 0 Å². The molecule has 0 spiro atoms. The zero-order valence-electron chi connectivity index (χ0n) is 13.6. The van der Waals surface area contributed by atoms with Crippen molar-refractivity contribution in [1.29, 1.82) is 0 Å². The summed E-state index contributed by atoms with van der Waals surface area (Å²) in [6, 6.07) is 3.49. The Hall–Kier alpha value is -1.40. The zero-order chi connectivity index (χ0) is 17.0. The molecule has 0 amide bonds. The molecular weight excluding hydrogens is 318 g/mol. The van der Waals surface area contributed by atoms with Crippen LogP contribution in [0.5, 0.6) is 0 Å². The highest BCUT2D eigenvalue weighted by Crippen LogP contribution is 2.35. The number of rotatable bonds is 7. The van der Waals surface area contributed by atoms with Gasteiger partial charge in [0.25, 0.3) is 0 Å². The van der Waals surface area contributed by atoms with E-state index in [1.807, 2.05) is 18.4 Å². The van der Waals surface area contributed by atoms with Crippen LogP contribution in [0.25, 0.3) is 0 Å². The molecule has 0 aliphatic rings. The first-order valence-corrected chi connectivity index (χ1v) is 8.62. The summed E-state index contributed by atoms with van der Waals surface area (Å²) in [6.45, 7) is 6.70. The van der Waals surface area contributed by atoms with E-state index in [2.05, 4.69) is 11.9 Å². The number of halogens is 2. The lowest BCUT2D eigenvalue weighted by Crippen LogP contribution is -2.05. The monoisotopic (exact) mass is 340 g/mol. The number of unbranched alkanes of at least 4 members (excludes halogenated alkanes) is 1. The predicted octanol–water partition coefficient (Wildman–Crippen LogP) is 4.73. The fraction of sp³-hybridized carbons (Fsp3) is 0.471. The third kappa shape index (κ3) is 4.32. The lowest BCUT2D eigenvalue weighted by atomic mass is 10.1. The van der Waals surface area contributed by atoms with E-state index in [1.165, 1.54) is 23.9 Å². The Morgan fingerprint density at radius 3 is 2.39 bits per heavy atom. The van der Waals surface area contributed by atoms with Crippen molar-refractivity contribution in [3.8, 4) is 0 Å². The van der Waals surface area contributed by atoms with E-state index in [1.54, 1.807) is 0 Å². The van der Waals surface area contributed by atoms with E-state index >= 15 is 0 Å². The van der Waals surface area contributed by atoms with Crippen LogP contribution in [0.3, 0.4) is 0 Å². The molecule has 0 unspecified atom stereocenters. The number of imidazole rings is 1. The summed E-state index contributed by atoms with van der Waals surface area (Å²) < 4.78 is 28.9. The Balaban J connectivity index is 2.46. The second kappa shape index (κ2) is 7.93. The molecule has 2 rings (SSSR count). The maximum Gasteiger partial charge on any atom is 0.135 e. The average molecular weight is 340 g/mol. The molecule has 23 heavy (non-hydrogen) atoms. The second-order valence-electron chi connectivity index (χ2n) is 5.74. The molecule has 6 heteroatoms. The van der Waals surface area contributed by atoms with Crippen LogP contribution in [0.15, 0.2) is 28.1 Å². The quantitative estimate of drug-likeness (QED) is 0.792. The molecule has 0 bridgehead atoms. The minimum Gasteiger partial charge on any atom is -0.388 e. The topological polar surface area (TPSA) is 38.0 Å². The van der Waals surface area contributed by atoms with Gasteiger partial charge in [-0.1, -0.05) is 39.0 Å². The van der Waals surface area contributed by atoms with Gasteiger partial charge in [-0.2, -0.15) is 0 Å². The van der Waals surface area contributed by atoms with Crippen molar-refractivity contribution in [2.24, 2.45) is 0 Å². The average Bonchev–Trinajstić information content (AvgIpc) is 2.82. The van der Waals surface area contributed by atoms with Crippen LogP contribution >= 0.6 is 11.8 Å². The molecule has 3 nitrogen and oxygen atoms in total.